The van der Waals surface area contributed by atoms with Gasteiger partial charge in [-0.1, -0.05) is 12.1 Å². The van der Waals surface area contributed by atoms with Gasteiger partial charge >= 0.3 is 0 Å². The number of nitrogens with zero attached hydrogens (tertiary/aromatic N) is 2. The molecule has 0 radical (unpaired) electrons. The van der Waals surface area contributed by atoms with Crippen molar-refractivity contribution in [2.75, 3.05) is 12.0 Å². The van der Waals surface area contributed by atoms with E-state index in [1.54, 1.807) is 30.8 Å². The van der Waals surface area contributed by atoms with E-state index in [0.717, 1.165) is 5.56 Å². The van der Waals surface area contributed by atoms with E-state index in [1.165, 1.54) is 16.2 Å². The third-order valence-corrected chi connectivity index (χ3v) is 6.59. The lowest BCUT2D eigenvalue weighted by Crippen LogP contribution is -2.42. The third-order valence-electron chi connectivity index (χ3n) is 5.82. The summed E-state index contributed by atoms with van der Waals surface area (Å²) < 4.78 is 25.4. The first-order chi connectivity index (χ1) is 14.1. The molecule has 0 spiro atoms. The maximum Gasteiger partial charge on any atom is 0.296 e. The highest BCUT2D eigenvalue weighted by atomic mass is 32.1. The molecule has 3 heterocycles. The van der Waals surface area contributed by atoms with Crippen LogP contribution in [0.4, 0.5) is 9.52 Å². The third kappa shape index (κ3) is 2.85. The summed E-state index contributed by atoms with van der Waals surface area (Å²) in [7, 11) is 1.56. The normalized spacial score (nSPS) is 28.8. The van der Waals surface area contributed by atoms with Crippen LogP contribution in [0.2, 0.25) is 0 Å². The summed E-state index contributed by atoms with van der Waals surface area (Å²) in [6, 6.07) is 6.58. The van der Waals surface area contributed by atoms with Gasteiger partial charge in [-0.25, -0.2) is 9.37 Å². The number of thiazole rings is 1. The topological polar surface area (TPSA) is 68.7 Å². The maximum atomic E-state index is 14.0. The molecule has 2 aliphatic heterocycles. The second kappa shape index (κ2) is 6.95. The molecule has 5 rings (SSSR count). The number of aromatic nitrogens is 1. The van der Waals surface area contributed by atoms with E-state index in [0.29, 0.717) is 29.3 Å². The van der Waals surface area contributed by atoms with Crippen molar-refractivity contribution in [3.05, 3.63) is 52.7 Å². The highest BCUT2D eigenvalue weighted by molar-refractivity contribution is 7.13. The van der Waals surface area contributed by atoms with Crippen LogP contribution in [0.15, 0.2) is 47.2 Å². The average molecular weight is 414 g/mol. The smallest absolute Gasteiger partial charge is 0.296 e. The number of anilines is 1. The molecule has 2 aromatic rings. The van der Waals surface area contributed by atoms with E-state index in [-0.39, 0.29) is 23.9 Å². The fourth-order valence-corrected chi connectivity index (χ4v) is 5.14. The lowest BCUT2D eigenvalue weighted by atomic mass is 9.77. The maximum absolute atomic E-state index is 14.0. The minimum absolute atomic E-state index is 0.0802. The van der Waals surface area contributed by atoms with Crippen LogP contribution in [0, 0.1) is 5.92 Å². The Labute approximate surface area is 170 Å². The number of rotatable bonds is 3. The predicted octanol–water partition coefficient (Wildman–Crippen LogP) is 3.60. The molecule has 150 valence electrons. The molecule has 4 atom stereocenters. The van der Waals surface area contributed by atoms with Gasteiger partial charge in [-0.15, -0.1) is 11.3 Å². The van der Waals surface area contributed by atoms with Crippen LogP contribution in [0.25, 0.3) is 0 Å². The molecule has 29 heavy (non-hydrogen) atoms. The summed E-state index contributed by atoms with van der Waals surface area (Å²) >= 11 is 1.31. The van der Waals surface area contributed by atoms with Crippen LogP contribution in [0.3, 0.4) is 0 Å². The number of fused-ring (bicyclic) bond motifs is 1. The molecule has 1 aromatic heterocycles. The average Bonchev–Trinajstić information content (AvgIpc) is 3.35. The van der Waals surface area contributed by atoms with Gasteiger partial charge in [0.05, 0.1) is 24.6 Å². The Morgan fingerprint density at radius 2 is 2.17 bits per heavy atom. The molecule has 1 amide bonds. The van der Waals surface area contributed by atoms with Gasteiger partial charge in [0.1, 0.15) is 18.0 Å². The first-order valence-electron chi connectivity index (χ1n) is 9.54. The van der Waals surface area contributed by atoms with Crippen LogP contribution in [0.1, 0.15) is 30.9 Å². The molecule has 0 N–H and O–H groups in total. The number of Topliss-reactive ketones (excluding diaryl/α,β-unsaturated/α-hetero) is 1. The van der Waals surface area contributed by atoms with Gasteiger partial charge in [-0.05, 0) is 37.0 Å². The van der Waals surface area contributed by atoms with E-state index in [2.05, 4.69) is 4.98 Å². The second-order valence-electron chi connectivity index (χ2n) is 7.45. The van der Waals surface area contributed by atoms with Crippen LogP contribution < -0.4 is 9.64 Å². The Kier molecular flexibility index (Phi) is 4.38. The SMILES string of the molecule is COc1cccc(C2C3=C(OC4CCC(F)CC4C3=O)C(=O)N2c2nccs2)c1. The zero-order valence-corrected chi connectivity index (χ0v) is 16.5. The zero-order chi connectivity index (χ0) is 20.1. The lowest BCUT2D eigenvalue weighted by molar-refractivity contribution is -0.133. The number of hydrogen-bond acceptors (Lipinski definition) is 6. The number of alkyl halides is 1. The molecule has 1 aromatic carbocycles. The Balaban J connectivity index is 1.65. The molecule has 0 saturated heterocycles. The molecule has 3 aliphatic rings. The Bertz CT molecular complexity index is 1010. The number of amides is 1. The first-order valence-corrected chi connectivity index (χ1v) is 10.4. The molecule has 0 bridgehead atoms. The quantitative estimate of drug-likeness (QED) is 0.768. The predicted molar refractivity (Wildman–Crippen MR) is 104 cm³/mol. The Hall–Kier alpha value is -2.74. The van der Waals surface area contributed by atoms with E-state index in [1.807, 2.05) is 12.1 Å². The van der Waals surface area contributed by atoms with Crippen molar-refractivity contribution in [1.82, 2.24) is 4.98 Å². The van der Waals surface area contributed by atoms with Gasteiger partial charge in [0.2, 0.25) is 0 Å². The van der Waals surface area contributed by atoms with Crippen molar-refractivity contribution in [2.45, 2.75) is 37.6 Å². The molecule has 1 saturated carbocycles. The van der Waals surface area contributed by atoms with Gasteiger partial charge in [0.15, 0.2) is 16.7 Å². The highest BCUT2D eigenvalue weighted by Crippen LogP contribution is 2.49. The molecule has 1 aliphatic carbocycles. The summed E-state index contributed by atoms with van der Waals surface area (Å²) in [5.41, 5.74) is 1.02. The summed E-state index contributed by atoms with van der Waals surface area (Å²) in [6.07, 6.45) is 1.07. The minimum Gasteiger partial charge on any atom is -0.497 e. The fraction of sp³-hybridized carbons (Fsp3) is 0.381. The summed E-state index contributed by atoms with van der Waals surface area (Å²) in [5.74, 6) is -0.436. The Morgan fingerprint density at radius 1 is 1.31 bits per heavy atom. The van der Waals surface area contributed by atoms with Crippen LogP contribution in [-0.2, 0) is 14.3 Å². The number of benzene rings is 1. The zero-order valence-electron chi connectivity index (χ0n) is 15.7. The number of halogens is 1. The van der Waals surface area contributed by atoms with Gasteiger partial charge in [-0.2, -0.15) is 0 Å². The summed E-state index contributed by atoms with van der Waals surface area (Å²) in [6.45, 7) is 0. The lowest BCUT2D eigenvalue weighted by Gasteiger charge is -2.36. The summed E-state index contributed by atoms with van der Waals surface area (Å²) in [4.78, 5) is 32.6. The van der Waals surface area contributed by atoms with Gasteiger partial charge in [0.25, 0.3) is 5.91 Å². The van der Waals surface area contributed by atoms with Gasteiger partial charge in [0, 0.05) is 11.6 Å². The molecule has 1 fully saturated rings. The number of carbonyl (C=O) groups excluding carboxylic acids is 2. The van der Waals surface area contributed by atoms with Crippen molar-refractivity contribution in [3.8, 4) is 5.75 Å². The molecule has 8 heteroatoms. The van der Waals surface area contributed by atoms with Crippen molar-refractivity contribution in [1.29, 1.82) is 0 Å². The van der Waals surface area contributed by atoms with Crippen LogP contribution in [0.5, 0.6) is 5.75 Å². The molecular formula is C21H19FN2O4S. The van der Waals surface area contributed by atoms with Crippen molar-refractivity contribution < 1.29 is 23.5 Å². The van der Waals surface area contributed by atoms with E-state index < -0.39 is 24.2 Å². The van der Waals surface area contributed by atoms with Crippen molar-refractivity contribution >= 4 is 28.2 Å². The number of carbonyl (C=O) groups is 2. The fourth-order valence-electron chi connectivity index (χ4n) is 4.47. The van der Waals surface area contributed by atoms with Crippen LogP contribution in [-0.4, -0.2) is 36.1 Å². The van der Waals surface area contributed by atoms with Crippen LogP contribution >= 0.6 is 11.3 Å². The number of ketones is 1. The Morgan fingerprint density at radius 3 is 2.93 bits per heavy atom. The van der Waals surface area contributed by atoms with Crippen molar-refractivity contribution in [3.63, 3.8) is 0 Å². The van der Waals surface area contributed by atoms with E-state index in [9.17, 15) is 14.0 Å². The second-order valence-corrected chi connectivity index (χ2v) is 8.32. The molecule has 4 unspecified atom stereocenters. The first kappa shape index (κ1) is 18.3. The van der Waals surface area contributed by atoms with Gasteiger partial charge in [-0.3, -0.25) is 14.5 Å². The largest absolute Gasteiger partial charge is 0.497 e. The number of hydrogen-bond donors (Lipinski definition) is 0. The van der Waals surface area contributed by atoms with E-state index in [4.69, 9.17) is 9.47 Å². The number of methoxy groups -OCH3 is 1. The highest BCUT2D eigenvalue weighted by Gasteiger charge is 2.53. The standard InChI is InChI=1S/C21H19FN2O4S/c1-27-13-4-2-3-11(9-13)17-16-18(25)14-10-12(22)5-6-15(14)28-19(16)20(26)24(17)21-23-7-8-29-21/h2-4,7-9,12,14-15,17H,5-6,10H2,1H3. The monoisotopic (exact) mass is 414 g/mol. The molecular weight excluding hydrogens is 395 g/mol. The number of ether oxygens (including phenoxy) is 2. The van der Waals surface area contributed by atoms with E-state index >= 15 is 0 Å². The molecule has 6 nitrogen and oxygen atoms in total. The van der Waals surface area contributed by atoms with Gasteiger partial charge < -0.3 is 9.47 Å². The summed E-state index contributed by atoms with van der Waals surface area (Å²) in [5, 5.41) is 2.26. The van der Waals surface area contributed by atoms with Crippen molar-refractivity contribution in [2.24, 2.45) is 5.92 Å². The minimum atomic E-state index is -1.02.